The van der Waals surface area contributed by atoms with Crippen LogP contribution in [0.4, 0.5) is 5.95 Å². The SMILES string of the molecule is CCN(C)c1nc(OC)cc(C(=O)O)n1. The molecule has 0 atom stereocenters. The molecule has 1 N–H and O–H groups in total. The fourth-order valence-corrected chi connectivity index (χ4v) is 0.939. The van der Waals surface area contributed by atoms with Crippen LogP contribution in [0.1, 0.15) is 17.4 Å². The van der Waals surface area contributed by atoms with E-state index in [2.05, 4.69) is 9.97 Å². The van der Waals surface area contributed by atoms with Gasteiger partial charge in [0.15, 0.2) is 5.69 Å². The van der Waals surface area contributed by atoms with Gasteiger partial charge in [-0.1, -0.05) is 0 Å². The lowest BCUT2D eigenvalue weighted by Gasteiger charge is -2.15. The lowest BCUT2D eigenvalue weighted by molar-refractivity contribution is 0.0690. The summed E-state index contributed by atoms with van der Waals surface area (Å²) in [4.78, 5) is 20.4. The van der Waals surface area contributed by atoms with E-state index in [-0.39, 0.29) is 11.6 Å². The molecule has 0 spiro atoms. The van der Waals surface area contributed by atoms with Crippen molar-refractivity contribution in [3.05, 3.63) is 11.8 Å². The number of carbonyl (C=O) groups is 1. The molecule has 1 aromatic rings. The Hall–Kier alpha value is -1.85. The number of nitrogens with zero attached hydrogens (tertiary/aromatic N) is 3. The molecular weight excluding hydrogens is 198 g/mol. The molecule has 6 nitrogen and oxygen atoms in total. The molecule has 1 rings (SSSR count). The molecule has 0 saturated carbocycles. The highest BCUT2D eigenvalue weighted by atomic mass is 16.5. The number of carboxylic acids is 1. The second-order valence-electron chi connectivity index (χ2n) is 2.91. The molecule has 0 unspecified atom stereocenters. The minimum absolute atomic E-state index is 0.0721. The molecule has 0 bridgehead atoms. The van der Waals surface area contributed by atoms with Gasteiger partial charge in [-0.2, -0.15) is 4.98 Å². The highest BCUT2D eigenvalue weighted by Crippen LogP contribution is 2.14. The number of carboxylic acid groups (broad SMARTS) is 1. The first-order valence-electron chi connectivity index (χ1n) is 4.46. The third kappa shape index (κ3) is 2.55. The molecule has 0 amide bonds. The molecule has 0 aromatic carbocycles. The maximum absolute atomic E-state index is 10.8. The number of aromatic nitrogens is 2. The lowest BCUT2D eigenvalue weighted by atomic mass is 10.4. The summed E-state index contributed by atoms with van der Waals surface area (Å²) in [6, 6.07) is 1.29. The number of ether oxygens (including phenoxy) is 1. The first kappa shape index (κ1) is 11.2. The fourth-order valence-electron chi connectivity index (χ4n) is 0.939. The second-order valence-corrected chi connectivity index (χ2v) is 2.91. The van der Waals surface area contributed by atoms with E-state index in [4.69, 9.17) is 9.84 Å². The van der Waals surface area contributed by atoms with Gasteiger partial charge >= 0.3 is 5.97 Å². The molecule has 0 radical (unpaired) electrons. The van der Waals surface area contributed by atoms with Crippen molar-refractivity contribution in [2.75, 3.05) is 25.6 Å². The molecule has 0 aliphatic heterocycles. The van der Waals surface area contributed by atoms with Gasteiger partial charge < -0.3 is 14.7 Å². The number of anilines is 1. The Morgan fingerprint density at radius 2 is 2.27 bits per heavy atom. The molecule has 0 fully saturated rings. The van der Waals surface area contributed by atoms with Gasteiger partial charge in [-0.05, 0) is 6.92 Å². The monoisotopic (exact) mass is 211 g/mol. The van der Waals surface area contributed by atoms with Crippen molar-refractivity contribution in [1.82, 2.24) is 9.97 Å². The Kier molecular flexibility index (Phi) is 3.43. The highest BCUT2D eigenvalue weighted by Gasteiger charge is 2.12. The van der Waals surface area contributed by atoms with Gasteiger partial charge in [-0.15, -0.1) is 0 Å². The summed E-state index contributed by atoms with van der Waals surface area (Å²) in [5.41, 5.74) is -0.0721. The third-order valence-electron chi connectivity index (χ3n) is 1.93. The van der Waals surface area contributed by atoms with Crippen LogP contribution in [0.2, 0.25) is 0 Å². The van der Waals surface area contributed by atoms with Gasteiger partial charge in [0.2, 0.25) is 11.8 Å². The van der Waals surface area contributed by atoms with Crippen LogP contribution in [0.5, 0.6) is 5.88 Å². The molecular formula is C9H13N3O3. The molecule has 82 valence electrons. The largest absolute Gasteiger partial charge is 0.481 e. The number of methoxy groups -OCH3 is 1. The Morgan fingerprint density at radius 1 is 1.60 bits per heavy atom. The Labute approximate surface area is 87.5 Å². The standard InChI is InChI=1S/C9H13N3O3/c1-4-12(2)9-10-6(8(13)14)5-7(11-9)15-3/h5H,4H2,1-3H3,(H,13,14). The predicted octanol–water partition coefficient (Wildman–Crippen LogP) is 0.639. The van der Waals surface area contributed by atoms with E-state index in [1.165, 1.54) is 13.2 Å². The Bertz CT molecular complexity index is 368. The maximum Gasteiger partial charge on any atom is 0.354 e. The van der Waals surface area contributed by atoms with Crippen LogP contribution in [-0.2, 0) is 0 Å². The van der Waals surface area contributed by atoms with Gasteiger partial charge in [0.05, 0.1) is 7.11 Å². The first-order chi connectivity index (χ1) is 7.08. The van der Waals surface area contributed by atoms with Gasteiger partial charge in [0, 0.05) is 19.7 Å². The highest BCUT2D eigenvalue weighted by molar-refractivity contribution is 5.86. The van der Waals surface area contributed by atoms with E-state index < -0.39 is 5.97 Å². The van der Waals surface area contributed by atoms with Crippen molar-refractivity contribution in [1.29, 1.82) is 0 Å². The molecule has 1 aromatic heterocycles. The topological polar surface area (TPSA) is 75.6 Å². The summed E-state index contributed by atoms with van der Waals surface area (Å²) in [7, 11) is 3.21. The summed E-state index contributed by atoms with van der Waals surface area (Å²) in [5.74, 6) is -0.506. The zero-order valence-electron chi connectivity index (χ0n) is 8.89. The minimum Gasteiger partial charge on any atom is -0.481 e. The average molecular weight is 211 g/mol. The smallest absolute Gasteiger partial charge is 0.354 e. The number of aromatic carboxylic acids is 1. The summed E-state index contributed by atoms with van der Waals surface area (Å²) < 4.78 is 4.90. The molecule has 15 heavy (non-hydrogen) atoms. The van der Waals surface area contributed by atoms with E-state index in [0.717, 1.165) is 0 Å². The van der Waals surface area contributed by atoms with Crippen molar-refractivity contribution in [2.45, 2.75) is 6.92 Å². The van der Waals surface area contributed by atoms with Crippen molar-refractivity contribution in [3.63, 3.8) is 0 Å². The Morgan fingerprint density at radius 3 is 2.73 bits per heavy atom. The van der Waals surface area contributed by atoms with E-state index in [1.807, 2.05) is 6.92 Å². The van der Waals surface area contributed by atoms with Gasteiger partial charge in [0.25, 0.3) is 0 Å². The van der Waals surface area contributed by atoms with Gasteiger partial charge in [0.1, 0.15) is 0 Å². The van der Waals surface area contributed by atoms with Crippen LogP contribution in [0, 0.1) is 0 Å². The van der Waals surface area contributed by atoms with Crippen LogP contribution in [-0.4, -0.2) is 41.7 Å². The Balaban J connectivity index is 3.16. The molecule has 0 aliphatic carbocycles. The van der Waals surface area contributed by atoms with Gasteiger partial charge in [-0.25, -0.2) is 9.78 Å². The van der Waals surface area contributed by atoms with Gasteiger partial charge in [-0.3, -0.25) is 0 Å². The van der Waals surface area contributed by atoms with Crippen molar-refractivity contribution < 1.29 is 14.6 Å². The molecule has 6 heteroatoms. The summed E-state index contributed by atoms with van der Waals surface area (Å²) in [6.07, 6.45) is 0. The average Bonchev–Trinajstić information content (AvgIpc) is 2.27. The minimum atomic E-state index is -1.10. The molecule has 0 aliphatic rings. The zero-order chi connectivity index (χ0) is 11.4. The summed E-state index contributed by atoms with van der Waals surface area (Å²) in [6.45, 7) is 2.61. The van der Waals surface area contributed by atoms with Crippen molar-refractivity contribution in [2.24, 2.45) is 0 Å². The van der Waals surface area contributed by atoms with Crippen LogP contribution in [0.3, 0.4) is 0 Å². The predicted molar refractivity (Wildman–Crippen MR) is 54.5 cm³/mol. The lowest BCUT2D eigenvalue weighted by Crippen LogP contribution is -2.20. The number of hydrogen-bond donors (Lipinski definition) is 1. The van der Waals surface area contributed by atoms with E-state index >= 15 is 0 Å². The van der Waals surface area contributed by atoms with Crippen LogP contribution in [0.15, 0.2) is 6.07 Å². The van der Waals surface area contributed by atoms with E-state index in [0.29, 0.717) is 12.5 Å². The normalized spacial score (nSPS) is 9.80. The maximum atomic E-state index is 10.8. The summed E-state index contributed by atoms with van der Waals surface area (Å²) in [5, 5.41) is 8.82. The summed E-state index contributed by atoms with van der Waals surface area (Å²) >= 11 is 0. The van der Waals surface area contributed by atoms with E-state index in [9.17, 15) is 4.79 Å². The fraction of sp³-hybridized carbons (Fsp3) is 0.444. The van der Waals surface area contributed by atoms with Crippen LogP contribution >= 0.6 is 0 Å². The molecule has 0 saturated heterocycles. The van der Waals surface area contributed by atoms with Crippen molar-refractivity contribution >= 4 is 11.9 Å². The zero-order valence-corrected chi connectivity index (χ0v) is 8.89. The van der Waals surface area contributed by atoms with Crippen molar-refractivity contribution in [3.8, 4) is 5.88 Å². The number of rotatable bonds is 4. The van der Waals surface area contributed by atoms with Crippen LogP contribution < -0.4 is 9.64 Å². The molecule has 1 heterocycles. The second kappa shape index (κ2) is 4.59. The third-order valence-corrected chi connectivity index (χ3v) is 1.93. The first-order valence-corrected chi connectivity index (χ1v) is 4.46. The van der Waals surface area contributed by atoms with Crippen LogP contribution in [0.25, 0.3) is 0 Å². The van der Waals surface area contributed by atoms with E-state index in [1.54, 1.807) is 11.9 Å². The number of hydrogen-bond acceptors (Lipinski definition) is 5. The quantitative estimate of drug-likeness (QED) is 0.787.